The Kier molecular flexibility index (Phi) is 4.70. The van der Waals surface area contributed by atoms with E-state index in [1.165, 1.54) is 0 Å². The van der Waals surface area contributed by atoms with Crippen molar-refractivity contribution in [2.24, 2.45) is 5.92 Å². The molecule has 2 aromatic heterocycles. The second-order valence-corrected chi connectivity index (χ2v) is 8.11. The summed E-state index contributed by atoms with van der Waals surface area (Å²) >= 11 is 1.63. The number of likely N-dealkylation sites (tertiary alicyclic amines) is 1. The molecule has 1 saturated heterocycles. The lowest BCUT2D eigenvalue weighted by atomic mass is 10.0. The molecule has 1 fully saturated rings. The Balaban J connectivity index is 1.56. The molecule has 140 valence electrons. The van der Waals surface area contributed by atoms with Crippen molar-refractivity contribution in [3.05, 3.63) is 35.7 Å². The summed E-state index contributed by atoms with van der Waals surface area (Å²) in [7, 11) is 0. The first-order valence-electron chi connectivity index (χ1n) is 9.17. The van der Waals surface area contributed by atoms with Crippen LogP contribution in [0.25, 0.3) is 21.7 Å². The van der Waals surface area contributed by atoms with Gasteiger partial charge in [-0.25, -0.2) is 4.98 Å². The summed E-state index contributed by atoms with van der Waals surface area (Å²) in [6, 6.07) is 9.20. The van der Waals surface area contributed by atoms with Crippen LogP contribution in [0.2, 0.25) is 0 Å². The number of imidazole rings is 1. The molecule has 1 atom stereocenters. The van der Waals surface area contributed by atoms with E-state index >= 15 is 0 Å². The van der Waals surface area contributed by atoms with Gasteiger partial charge < -0.3 is 15.2 Å². The van der Waals surface area contributed by atoms with Gasteiger partial charge in [0, 0.05) is 18.7 Å². The van der Waals surface area contributed by atoms with Crippen molar-refractivity contribution in [2.45, 2.75) is 32.7 Å². The standard InChI is InChI=1S/C20H22N4O2S/c1-12(2)18(24-9-3-6-17(24)25)20(26)21-13-7-8-14-15(11-13)23-19(22-14)16-5-4-10-27-16/h4-5,7-8,10-12,18H,3,6,9H2,1-2H3,(H,21,26)(H,22,23). The first-order valence-corrected chi connectivity index (χ1v) is 10.0. The average Bonchev–Trinajstić information content (AvgIpc) is 3.35. The summed E-state index contributed by atoms with van der Waals surface area (Å²) in [5.74, 6) is 0.797. The molecular formula is C20H22N4O2S. The highest BCUT2D eigenvalue weighted by atomic mass is 32.1. The molecule has 27 heavy (non-hydrogen) atoms. The summed E-state index contributed by atoms with van der Waals surface area (Å²) in [6.45, 7) is 4.60. The maximum absolute atomic E-state index is 12.9. The number of fused-ring (bicyclic) bond motifs is 1. The lowest BCUT2D eigenvalue weighted by Gasteiger charge is -2.29. The fourth-order valence-corrected chi connectivity index (χ4v) is 4.27. The van der Waals surface area contributed by atoms with Crippen LogP contribution in [0.1, 0.15) is 26.7 Å². The minimum atomic E-state index is -0.445. The topological polar surface area (TPSA) is 78.1 Å². The van der Waals surface area contributed by atoms with E-state index in [1.54, 1.807) is 16.2 Å². The summed E-state index contributed by atoms with van der Waals surface area (Å²) in [5, 5.41) is 4.99. The number of thiophene rings is 1. The van der Waals surface area contributed by atoms with Crippen LogP contribution in [-0.2, 0) is 9.59 Å². The summed E-state index contributed by atoms with van der Waals surface area (Å²) in [5.41, 5.74) is 2.42. The highest BCUT2D eigenvalue weighted by Gasteiger charge is 2.34. The van der Waals surface area contributed by atoms with E-state index in [9.17, 15) is 9.59 Å². The Hall–Kier alpha value is -2.67. The maximum Gasteiger partial charge on any atom is 0.247 e. The van der Waals surface area contributed by atoms with E-state index in [1.807, 2.05) is 49.6 Å². The Morgan fingerprint density at radius 2 is 2.19 bits per heavy atom. The Labute approximate surface area is 161 Å². The van der Waals surface area contributed by atoms with E-state index in [4.69, 9.17) is 0 Å². The zero-order valence-corrected chi connectivity index (χ0v) is 16.2. The number of aromatic nitrogens is 2. The van der Waals surface area contributed by atoms with Crippen molar-refractivity contribution in [1.82, 2.24) is 14.9 Å². The molecule has 1 aliphatic heterocycles. The SMILES string of the molecule is CC(C)C(C(=O)Nc1ccc2nc(-c3cccs3)[nH]c2c1)N1CCCC1=O. The minimum absolute atomic E-state index is 0.0494. The number of anilines is 1. The molecule has 0 radical (unpaired) electrons. The lowest BCUT2D eigenvalue weighted by Crippen LogP contribution is -2.47. The third-order valence-electron chi connectivity index (χ3n) is 4.85. The van der Waals surface area contributed by atoms with Gasteiger partial charge in [-0.15, -0.1) is 11.3 Å². The number of carbonyl (C=O) groups is 2. The Morgan fingerprint density at radius 3 is 2.85 bits per heavy atom. The molecule has 0 spiro atoms. The van der Waals surface area contributed by atoms with Crippen LogP contribution in [0.4, 0.5) is 5.69 Å². The quantitative estimate of drug-likeness (QED) is 0.703. The Morgan fingerprint density at radius 1 is 1.33 bits per heavy atom. The molecule has 2 N–H and O–H groups in total. The van der Waals surface area contributed by atoms with Gasteiger partial charge in [0.1, 0.15) is 11.9 Å². The molecule has 3 aromatic rings. The van der Waals surface area contributed by atoms with Gasteiger partial charge >= 0.3 is 0 Å². The second kappa shape index (κ2) is 7.15. The molecule has 6 nitrogen and oxygen atoms in total. The van der Waals surface area contributed by atoms with Crippen molar-refractivity contribution in [3.8, 4) is 10.7 Å². The molecule has 1 aromatic carbocycles. The van der Waals surface area contributed by atoms with E-state index < -0.39 is 6.04 Å². The maximum atomic E-state index is 12.9. The highest BCUT2D eigenvalue weighted by molar-refractivity contribution is 7.13. The van der Waals surface area contributed by atoms with Crippen molar-refractivity contribution >= 4 is 39.9 Å². The van der Waals surface area contributed by atoms with Crippen LogP contribution < -0.4 is 5.32 Å². The monoisotopic (exact) mass is 382 g/mol. The van der Waals surface area contributed by atoms with Crippen LogP contribution in [0.15, 0.2) is 35.7 Å². The number of aromatic amines is 1. The number of H-pyrrole nitrogens is 1. The number of hydrogen-bond donors (Lipinski definition) is 2. The van der Waals surface area contributed by atoms with Gasteiger partial charge in [-0.1, -0.05) is 19.9 Å². The number of nitrogens with zero attached hydrogens (tertiary/aromatic N) is 2. The summed E-state index contributed by atoms with van der Waals surface area (Å²) in [6.07, 6.45) is 1.35. The van der Waals surface area contributed by atoms with E-state index in [-0.39, 0.29) is 17.7 Å². The summed E-state index contributed by atoms with van der Waals surface area (Å²) in [4.78, 5) is 35.7. The molecule has 0 saturated carbocycles. The third-order valence-corrected chi connectivity index (χ3v) is 5.73. The van der Waals surface area contributed by atoms with Gasteiger partial charge in [-0.2, -0.15) is 0 Å². The Bertz CT molecular complexity index is 977. The van der Waals surface area contributed by atoms with Crippen LogP contribution in [-0.4, -0.2) is 39.3 Å². The lowest BCUT2D eigenvalue weighted by molar-refractivity contribution is -0.136. The van der Waals surface area contributed by atoms with Crippen LogP contribution in [0.5, 0.6) is 0 Å². The molecule has 1 aliphatic rings. The molecule has 0 aliphatic carbocycles. The van der Waals surface area contributed by atoms with Crippen molar-refractivity contribution in [2.75, 3.05) is 11.9 Å². The highest BCUT2D eigenvalue weighted by Crippen LogP contribution is 2.26. The zero-order chi connectivity index (χ0) is 19.0. The van der Waals surface area contributed by atoms with Crippen LogP contribution in [0.3, 0.4) is 0 Å². The number of amides is 2. The zero-order valence-electron chi connectivity index (χ0n) is 15.4. The fraction of sp³-hybridized carbons (Fsp3) is 0.350. The smallest absolute Gasteiger partial charge is 0.247 e. The first-order chi connectivity index (χ1) is 13.0. The summed E-state index contributed by atoms with van der Waals surface area (Å²) < 4.78 is 0. The van der Waals surface area contributed by atoms with Gasteiger partial charge in [0.2, 0.25) is 11.8 Å². The van der Waals surface area contributed by atoms with Gasteiger partial charge in [0.25, 0.3) is 0 Å². The minimum Gasteiger partial charge on any atom is -0.337 e. The molecule has 0 bridgehead atoms. The number of nitrogens with one attached hydrogen (secondary N) is 2. The van der Waals surface area contributed by atoms with Gasteiger partial charge in [-0.3, -0.25) is 9.59 Å². The first kappa shape index (κ1) is 17.7. The molecule has 4 rings (SSSR count). The number of rotatable bonds is 5. The number of hydrogen-bond acceptors (Lipinski definition) is 4. The van der Waals surface area contributed by atoms with Gasteiger partial charge in [0.15, 0.2) is 0 Å². The predicted molar refractivity (Wildman–Crippen MR) is 108 cm³/mol. The fourth-order valence-electron chi connectivity index (χ4n) is 3.60. The van der Waals surface area contributed by atoms with Crippen molar-refractivity contribution < 1.29 is 9.59 Å². The predicted octanol–water partition coefficient (Wildman–Crippen LogP) is 3.88. The van der Waals surface area contributed by atoms with Gasteiger partial charge in [0.05, 0.1) is 15.9 Å². The second-order valence-electron chi connectivity index (χ2n) is 7.16. The normalized spacial score (nSPS) is 15.7. The molecule has 7 heteroatoms. The van der Waals surface area contributed by atoms with E-state index in [0.29, 0.717) is 18.7 Å². The molecule has 1 unspecified atom stereocenters. The number of benzene rings is 1. The van der Waals surface area contributed by atoms with E-state index in [2.05, 4.69) is 15.3 Å². The molecule has 2 amide bonds. The molecular weight excluding hydrogens is 360 g/mol. The largest absolute Gasteiger partial charge is 0.337 e. The van der Waals surface area contributed by atoms with E-state index in [0.717, 1.165) is 28.2 Å². The van der Waals surface area contributed by atoms with Crippen LogP contribution >= 0.6 is 11.3 Å². The number of carbonyl (C=O) groups excluding carboxylic acids is 2. The van der Waals surface area contributed by atoms with Crippen molar-refractivity contribution in [3.63, 3.8) is 0 Å². The molecule has 3 heterocycles. The van der Waals surface area contributed by atoms with Gasteiger partial charge in [-0.05, 0) is 42.0 Å². The van der Waals surface area contributed by atoms with Crippen LogP contribution in [0, 0.1) is 5.92 Å². The third kappa shape index (κ3) is 3.47. The average molecular weight is 382 g/mol. The van der Waals surface area contributed by atoms with Crippen molar-refractivity contribution in [1.29, 1.82) is 0 Å².